The van der Waals surface area contributed by atoms with Gasteiger partial charge in [-0.2, -0.15) is 0 Å². The molecule has 1 amide bonds. The van der Waals surface area contributed by atoms with Crippen LogP contribution >= 0.6 is 0 Å². The van der Waals surface area contributed by atoms with Crippen LogP contribution in [-0.2, 0) is 16.4 Å². The van der Waals surface area contributed by atoms with Crippen molar-refractivity contribution in [2.24, 2.45) is 0 Å². The summed E-state index contributed by atoms with van der Waals surface area (Å²) in [5.74, 6) is -0.211. The molecule has 0 aliphatic carbocycles. The Balaban J connectivity index is 1.65. The fourth-order valence-corrected chi connectivity index (χ4v) is 4.27. The molecule has 0 aliphatic heterocycles. The molecule has 3 rings (SSSR count). The molecule has 0 spiro atoms. The first-order chi connectivity index (χ1) is 14.4. The molecular formula is C24H26N2O3S. The minimum Gasteiger partial charge on any atom is -0.352 e. The van der Waals surface area contributed by atoms with Crippen molar-refractivity contribution < 1.29 is 13.2 Å². The first-order valence-electron chi connectivity index (χ1n) is 9.88. The van der Waals surface area contributed by atoms with E-state index in [-0.39, 0.29) is 10.8 Å². The van der Waals surface area contributed by atoms with E-state index in [0.29, 0.717) is 23.4 Å². The molecule has 0 fully saturated rings. The first-order valence-corrected chi connectivity index (χ1v) is 11.4. The molecule has 6 heteroatoms. The maximum Gasteiger partial charge on any atom is 0.261 e. The Morgan fingerprint density at radius 2 is 1.57 bits per heavy atom. The van der Waals surface area contributed by atoms with Crippen LogP contribution in [0.4, 0.5) is 5.69 Å². The summed E-state index contributed by atoms with van der Waals surface area (Å²) in [7, 11) is -3.73. The Labute approximate surface area is 178 Å². The average molecular weight is 423 g/mol. The topological polar surface area (TPSA) is 75.3 Å². The van der Waals surface area contributed by atoms with Gasteiger partial charge in [0.15, 0.2) is 0 Å². The van der Waals surface area contributed by atoms with Crippen molar-refractivity contribution in [1.29, 1.82) is 0 Å². The van der Waals surface area contributed by atoms with Gasteiger partial charge in [-0.25, -0.2) is 8.42 Å². The van der Waals surface area contributed by atoms with Crippen LogP contribution in [0, 0.1) is 13.8 Å². The van der Waals surface area contributed by atoms with Gasteiger partial charge in [-0.1, -0.05) is 54.1 Å². The summed E-state index contributed by atoms with van der Waals surface area (Å²) in [5.41, 5.74) is 3.66. The van der Waals surface area contributed by atoms with Crippen molar-refractivity contribution in [2.75, 3.05) is 11.3 Å². The van der Waals surface area contributed by atoms with Crippen LogP contribution in [-0.4, -0.2) is 20.9 Å². The number of rotatable bonds is 8. The number of amides is 1. The number of sulfonamides is 1. The average Bonchev–Trinajstić information content (AvgIpc) is 2.73. The third kappa shape index (κ3) is 5.48. The zero-order valence-corrected chi connectivity index (χ0v) is 18.0. The Morgan fingerprint density at radius 1 is 0.867 bits per heavy atom. The zero-order valence-electron chi connectivity index (χ0n) is 17.2. The lowest BCUT2D eigenvalue weighted by atomic mass is 10.1. The molecule has 0 saturated carbocycles. The van der Waals surface area contributed by atoms with Gasteiger partial charge in [-0.15, -0.1) is 0 Å². The number of benzene rings is 3. The quantitative estimate of drug-likeness (QED) is 0.526. The maximum absolute atomic E-state index is 12.7. The molecule has 0 aromatic heterocycles. The van der Waals surface area contributed by atoms with Crippen LogP contribution in [0.25, 0.3) is 0 Å². The minimum absolute atomic E-state index is 0.184. The highest BCUT2D eigenvalue weighted by Crippen LogP contribution is 2.23. The molecule has 0 bridgehead atoms. The lowest BCUT2D eigenvalue weighted by molar-refractivity contribution is 0.0952. The van der Waals surface area contributed by atoms with Gasteiger partial charge in [-0.3, -0.25) is 9.52 Å². The van der Waals surface area contributed by atoms with Crippen LogP contribution in [0.1, 0.15) is 33.5 Å². The number of nitrogens with one attached hydrogen (secondary N) is 2. The monoisotopic (exact) mass is 422 g/mol. The van der Waals surface area contributed by atoms with E-state index in [1.807, 2.05) is 25.1 Å². The third-order valence-corrected chi connectivity index (χ3v) is 6.31. The van der Waals surface area contributed by atoms with Crippen molar-refractivity contribution in [1.82, 2.24) is 5.32 Å². The molecule has 5 nitrogen and oxygen atoms in total. The van der Waals surface area contributed by atoms with Crippen LogP contribution in [0.15, 0.2) is 77.7 Å². The molecular weight excluding hydrogens is 396 g/mol. The van der Waals surface area contributed by atoms with E-state index in [1.165, 1.54) is 5.56 Å². The number of carbonyl (C=O) groups excluding carboxylic acids is 1. The van der Waals surface area contributed by atoms with Gasteiger partial charge in [0.05, 0.1) is 10.6 Å². The number of hydrogen-bond donors (Lipinski definition) is 2. The van der Waals surface area contributed by atoms with Crippen molar-refractivity contribution in [3.05, 3.63) is 95.1 Å². The maximum atomic E-state index is 12.7. The SMILES string of the molecule is Cc1ccc(S(=O)(=O)Nc2cccc(C(=O)NCCCc3ccccc3)c2C)cc1. The van der Waals surface area contributed by atoms with E-state index in [9.17, 15) is 13.2 Å². The highest BCUT2D eigenvalue weighted by molar-refractivity contribution is 7.92. The second kappa shape index (κ2) is 9.59. The Kier molecular flexibility index (Phi) is 6.90. The van der Waals surface area contributed by atoms with Crippen molar-refractivity contribution >= 4 is 21.6 Å². The minimum atomic E-state index is -3.73. The highest BCUT2D eigenvalue weighted by Gasteiger charge is 2.17. The summed E-state index contributed by atoms with van der Waals surface area (Å²) in [6, 6.07) is 21.8. The van der Waals surface area contributed by atoms with E-state index >= 15 is 0 Å². The van der Waals surface area contributed by atoms with Gasteiger partial charge in [-0.05, 0) is 62.1 Å². The summed E-state index contributed by atoms with van der Waals surface area (Å²) < 4.78 is 28.0. The van der Waals surface area contributed by atoms with Crippen LogP contribution in [0.2, 0.25) is 0 Å². The molecule has 30 heavy (non-hydrogen) atoms. The Bertz CT molecular complexity index is 1110. The van der Waals surface area contributed by atoms with E-state index in [2.05, 4.69) is 22.2 Å². The Hall–Kier alpha value is -3.12. The zero-order chi connectivity index (χ0) is 21.6. The molecule has 0 atom stereocenters. The predicted octanol–water partition coefficient (Wildman–Crippen LogP) is 4.47. The predicted molar refractivity (Wildman–Crippen MR) is 120 cm³/mol. The largest absolute Gasteiger partial charge is 0.352 e. The number of carbonyl (C=O) groups is 1. The van der Waals surface area contributed by atoms with E-state index in [1.54, 1.807) is 49.4 Å². The van der Waals surface area contributed by atoms with Crippen LogP contribution < -0.4 is 10.0 Å². The summed E-state index contributed by atoms with van der Waals surface area (Å²) in [6.45, 7) is 4.19. The first kappa shape index (κ1) is 21.6. The second-order valence-electron chi connectivity index (χ2n) is 7.24. The van der Waals surface area contributed by atoms with Gasteiger partial charge in [0.25, 0.3) is 15.9 Å². The molecule has 0 heterocycles. The van der Waals surface area contributed by atoms with Gasteiger partial charge in [0, 0.05) is 12.1 Å². The van der Waals surface area contributed by atoms with Gasteiger partial charge in [0.1, 0.15) is 0 Å². The summed E-state index contributed by atoms with van der Waals surface area (Å²) in [4.78, 5) is 12.8. The standard InChI is InChI=1S/C24H26N2O3S/c1-18-13-15-21(16-14-18)30(28,29)26-23-12-6-11-22(19(23)2)24(27)25-17-7-10-20-8-4-3-5-9-20/h3-6,8-9,11-16,26H,7,10,17H2,1-2H3,(H,25,27). The summed E-state index contributed by atoms with van der Waals surface area (Å²) in [5, 5.41) is 2.92. The number of anilines is 1. The summed E-state index contributed by atoms with van der Waals surface area (Å²) >= 11 is 0. The molecule has 0 aliphatic rings. The molecule has 0 saturated heterocycles. The number of aryl methyl sites for hydroxylation is 2. The molecule has 3 aromatic rings. The summed E-state index contributed by atoms with van der Waals surface area (Å²) in [6.07, 6.45) is 1.71. The van der Waals surface area contributed by atoms with Crippen molar-refractivity contribution in [2.45, 2.75) is 31.6 Å². The number of hydrogen-bond acceptors (Lipinski definition) is 3. The highest BCUT2D eigenvalue weighted by atomic mass is 32.2. The normalized spacial score (nSPS) is 11.1. The van der Waals surface area contributed by atoms with Crippen molar-refractivity contribution in [3.8, 4) is 0 Å². The van der Waals surface area contributed by atoms with E-state index in [4.69, 9.17) is 0 Å². The van der Waals surface area contributed by atoms with Crippen molar-refractivity contribution in [3.63, 3.8) is 0 Å². The van der Waals surface area contributed by atoms with E-state index < -0.39 is 10.0 Å². The fraction of sp³-hybridized carbons (Fsp3) is 0.208. The molecule has 0 radical (unpaired) electrons. The fourth-order valence-electron chi connectivity index (χ4n) is 3.15. The molecule has 3 aromatic carbocycles. The van der Waals surface area contributed by atoms with Gasteiger partial charge in [0.2, 0.25) is 0 Å². The van der Waals surface area contributed by atoms with Gasteiger partial charge < -0.3 is 5.32 Å². The molecule has 2 N–H and O–H groups in total. The van der Waals surface area contributed by atoms with Gasteiger partial charge >= 0.3 is 0 Å². The lowest BCUT2D eigenvalue weighted by Crippen LogP contribution is -2.26. The molecule has 156 valence electrons. The smallest absolute Gasteiger partial charge is 0.261 e. The van der Waals surface area contributed by atoms with E-state index in [0.717, 1.165) is 18.4 Å². The lowest BCUT2D eigenvalue weighted by Gasteiger charge is -2.14. The van der Waals surface area contributed by atoms with Crippen LogP contribution in [0.5, 0.6) is 0 Å². The third-order valence-electron chi connectivity index (χ3n) is 4.92. The Morgan fingerprint density at radius 3 is 2.27 bits per heavy atom. The van der Waals surface area contributed by atoms with Crippen LogP contribution in [0.3, 0.4) is 0 Å². The molecule has 0 unspecified atom stereocenters. The second-order valence-corrected chi connectivity index (χ2v) is 8.92.